The molecule has 1 fully saturated rings. The maximum absolute atomic E-state index is 12.6. The van der Waals surface area contributed by atoms with Crippen molar-refractivity contribution in [2.75, 3.05) is 31.5 Å². The number of carbonyl (C=O) groups is 1. The van der Waals surface area contributed by atoms with Crippen molar-refractivity contribution >= 4 is 21.6 Å². The molecule has 0 aliphatic carbocycles. The summed E-state index contributed by atoms with van der Waals surface area (Å²) >= 11 is 0. The number of hydrogen-bond acceptors (Lipinski definition) is 5. The minimum absolute atomic E-state index is 0.0870. The second kappa shape index (κ2) is 7.98. The number of sulfonamides is 1. The average molecular weight is 389 g/mol. The van der Waals surface area contributed by atoms with Crippen LogP contribution in [-0.4, -0.2) is 52.0 Å². The molecule has 0 bridgehead atoms. The van der Waals surface area contributed by atoms with Gasteiger partial charge in [-0.2, -0.15) is 0 Å². The number of methoxy groups -OCH3 is 1. The van der Waals surface area contributed by atoms with E-state index >= 15 is 0 Å². The van der Waals surface area contributed by atoms with Crippen molar-refractivity contribution < 1.29 is 17.9 Å². The lowest BCUT2D eigenvalue weighted by Crippen LogP contribution is -2.52. The lowest BCUT2D eigenvalue weighted by atomic mass is 10.1. The Labute approximate surface area is 159 Å². The molecule has 8 heteroatoms. The van der Waals surface area contributed by atoms with Gasteiger partial charge in [0.15, 0.2) is 0 Å². The molecule has 0 aromatic heterocycles. The van der Waals surface area contributed by atoms with Crippen LogP contribution >= 0.6 is 0 Å². The summed E-state index contributed by atoms with van der Waals surface area (Å²) in [5.74, 6) is 0.555. The van der Waals surface area contributed by atoms with Gasteiger partial charge in [0.2, 0.25) is 0 Å². The number of rotatable bonds is 5. The summed E-state index contributed by atoms with van der Waals surface area (Å²) in [5.41, 5.74) is 0.915. The Kier molecular flexibility index (Phi) is 5.67. The van der Waals surface area contributed by atoms with Crippen molar-refractivity contribution in [3.8, 4) is 5.75 Å². The van der Waals surface area contributed by atoms with Gasteiger partial charge in [-0.1, -0.05) is 0 Å². The lowest BCUT2D eigenvalue weighted by molar-refractivity contribution is 0.0655. The summed E-state index contributed by atoms with van der Waals surface area (Å²) in [5, 5.41) is 3.24. The SMILES string of the molecule is COc1ccc(NS(=O)(=O)c2ccc(C(=O)N3CCNC[C@H]3C)cc2)cc1. The molecule has 0 saturated carbocycles. The van der Waals surface area contributed by atoms with Gasteiger partial charge in [-0.05, 0) is 55.5 Å². The molecule has 27 heavy (non-hydrogen) atoms. The number of ether oxygens (including phenoxy) is 1. The van der Waals surface area contributed by atoms with E-state index in [1.54, 1.807) is 48.4 Å². The molecule has 2 N–H and O–H groups in total. The van der Waals surface area contributed by atoms with Crippen LogP contribution < -0.4 is 14.8 Å². The van der Waals surface area contributed by atoms with Crippen molar-refractivity contribution in [2.45, 2.75) is 17.9 Å². The Balaban J connectivity index is 1.74. The molecule has 2 aromatic rings. The van der Waals surface area contributed by atoms with E-state index in [0.717, 1.165) is 13.1 Å². The molecule has 1 amide bonds. The summed E-state index contributed by atoms with van der Waals surface area (Å²) in [6, 6.07) is 12.7. The van der Waals surface area contributed by atoms with Gasteiger partial charge in [0.1, 0.15) is 5.75 Å². The van der Waals surface area contributed by atoms with Crippen molar-refractivity contribution in [3.63, 3.8) is 0 Å². The topological polar surface area (TPSA) is 87.7 Å². The molecule has 1 aliphatic rings. The molecule has 0 unspecified atom stereocenters. The largest absolute Gasteiger partial charge is 0.497 e. The normalized spacial score (nSPS) is 17.4. The van der Waals surface area contributed by atoms with Gasteiger partial charge < -0.3 is 15.0 Å². The van der Waals surface area contributed by atoms with Crippen molar-refractivity contribution in [2.24, 2.45) is 0 Å². The van der Waals surface area contributed by atoms with Crippen LogP contribution in [-0.2, 0) is 10.0 Å². The summed E-state index contributed by atoms with van der Waals surface area (Å²) in [6.45, 7) is 4.14. The van der Waals surface area contributed by atoms with E-state index in [2.05, 4.69) is 10.0 Å². The molecule has 0 spiro atoms. The molecule has 144 valence electrons. The van der Waals surface area contributed by atoms with Crippen LogP contribution in [0.4, 0.5) is 5.69 Å². The molecule has 1 saturated heterocycles. The van der Waals surface area contributed by atoms with Crippen LogP contribution in [0.15, 0.2) is 53.4 Å². The predicted octanol–water partition coefficient (Wildman–Crippen LogP) is 1.93. The molecule has 3 rings (SSSR count). The highest BCUT2D eigenvalue weighted by atomic mass is 32.2. The monoisotopic (exact) mass is 389 g/mol. The zero-order valence-electron chi connectivity index (χ0n) is 15.3. The fraction of sp³-hybridized carbons (Fsp3) is 0.316. The second-order valence-electron chi connectivity index (χ2n) is 6.41. The molecule has 1 heterocycles. The van der Waals surface area contributed by atoms with Gasteiger partial charge in [0.05, 0.1) is 12.0 Å². The summed E-state index contributed by atoms with van der Waals surface area (Å²) in [6.07, 6.45) is 0. The highest BCUT2D eigenvalue weighted by Gasteiger charge is 2.24. The highest BCUT2D eigenvalue weighted by Crippen LogP contribution is 2.20. The van der Waals surface area contributed by atoms with Gasteiger partial charge in [-0.15, -0.1) is 0 Å². The Morgan fingerprint density at radius 3 is 2.41 bits per heavy atom. The van der Waals surface area contributed by atoms with Crippen LogP contribution in [0.1, 0.15) is 17.3 Å². The number of carbonyl (C=O) groups excluding carboxylic acids is 1. The summed E-state index contributed by atoms with van der Waals surface area (Å²) in [4.78, 5) is 14.5. The molecular formula is C19H23N3O4S. The third kappa shape index (κ3) is 4.40. The third-order valence-corrected chi connectivity index (χ3v) is 5.91. The zero-order valence-corrected chi connectivity index (χ0v) is 16.1. The molecule has 0 radical (unpaired) electrons. The first-order valence-electron chi connectivity index (χ1n) is 8.69. The Bertz CT molecular complexity index is 896. The van der Waals surface area contributed by atoms with Crippen LogP contribution in [0.5, 0.6) is 5.75 Å². The predicted molar refractivity (Wildman–Crippen MR) is 104 cm³/mol. The Morgan fingerprint density at radius 1 is 1.15 bits per heavy atom. The fourth-order valence-electron chi connectivity index (χ4n) is 2.96. The molecule has 2 aromatic carbocycles. The lowest BCUT2D eigenvalue weighted by Gasteiger charge is -2.34. The van der Waals surface area contributed by atoms with Crippen LogP contribution in [0.25, 0.3) is 0 Å². The van der Waals surface area contributed by atoms with Gasteiger partial charge >= 0.3 is 0 Å². The van der Waals surface area contributed by atoms with Crippen LogP contribution in [0, 0.1) is 0 Å². The second-order valence-corrected chi connectivity index (χ2v) is 8.09. The van der Waals surface area contributed by atoms with E-state index < -0.39 is 10.0 Å². The van der Waals surface area contributed by atoms with Gasteiger partial charge in [0, 0.05) is 36.9 Å². The number of nitrogens with zero attached hydrogens (tertiary/aromatic N) is 1. The van der Waals surface area contributed by atoms with E-state index in [1.807, 2.05) is 6.92 Å². The number of anilines is 1. The zero-order chi connectivity index (χ0) is 19.4. The minimum atomic E-state index is -3.74. The fourth-order valence-corrected chi connectivity index (χ4v) is 4.02. The van der Waals surface area contributed by atoms with Gasteiger partial charge in [-0.3, -0.25) is 9.52 Å². The summed E-state index contributed by atoms with van der Waals surface area (Å²) in [7, 11) is -2.19. The number of nitrogens with one attached hydrogen (secondary N) is 2. The number of amides is 1. The van der Waals surface area contributed by atoms with E-state index in [4.69, 9.17) is 4.74 Å². The highest BCUT2D eigenvalue weighted by molar-refractivity contribution is 7.92. The first-order chi connectivity index (χ1) is 12.9. The van der Waals surface area contributed by atoms with E-state index in [-0.39, 0.29) is 16.8 Å². The quantitative estimate of drug-likeness (QED) is 0.816. The molecular weight excluding hydrogens is 366 g/mol. The Morgan fingerprint density at radius 2 is 1.81 bits per heavy atom. The minimum Gasteiger partial charge on any atom is -0.497 e. The maximum Gasteiger partial charge on any atom is 0.261 e. The van der Waals surface area contributed by atoms with Crippen LogP contribution in [0.3, 0.4) is 0 Å². The van der Waals surface area contributed by atoms with Crippen molar-refractivity contribution in [3.05, 3.63) is 54.1 Å². The maximum atomic E-state index is 12.6. The number of piperazine rings is 1. The third-order valence-electron chi connectivity index (χ3n) is 4.52. The molecule has 1 atom stereocenters. The van der Waals surface area contributed by atoms with E-state index in [1.165, 1.54) is 12.1 Å². The van der Waals surface area contributed by atoms with Crippen LogP contribution in [0.2, 0.25) is 0 Å². The first kappa shape index (κ1) is 19.2. The van der Waals surface area contributed by atoms with Gasteiger partial charge in [-0.25, -0.2) is 8.42 Å². The first-order valence-corrected chi connectivity index (χ1v) is 10.2. The van der Waals surface area contributed by atoms with E-state index in [9.17, 15) is 13.2 Å². The smallest absolute Gasteiger partial charge is 0.261 e. The number of benzene rings is 2. The van der Waals surface area contributed by atoms with Crippen molar-refractivity contribution in [1.29, 1.82) is 0 Å². The molecule has 1 aliphatic heterocycles. The van der Waals surface area contributed by atoms with Crippen molar-refractivity contribution in [1.82, 2.24) is 10.2 Å². The standard InChI is InChI=1S/C19H23N3O4S/c1-14-13-20-11-12-22(14)19(23)15-3-9-18(10-4-15)27(24,25)21-16-5-7-17(26-2)8-6-16/h3-10,14,20-21H,11-13H2,1-2H3/t14-/m1/s1. The Hall–Kier alpha value is -2.58. The molecule has 7 nitrogen and oxygen atoms in total. The summed E-state index contributed by atoms with van der Waals surface area (Å²) < 4.78 is 32.7. The average Bonchev–Trinajstić information content (AvgIpc) is 2.68. The van der Waals surface area contributed by atoms with Gasteiger partial charge in [0.25, 0.3) is 15.9 Å². The van der Waals surface area contributed by atoms with E-state index in [0.29, 0.717) is 23.5 Å². The number of hydrogen-bond donors (Lipinski definition) is 2.